The number of rotatable bonds is 6. The van der Waals surface area contributed by atoms with Crippen LogP contribution in [-0.2, 0) is 12.8 Å². The fourth-order valence-corrected chi connectivity index (χ4v) is 4.37. The van der Waals surface area contributed by atoms with Gasteiger partial charge in [-0.15, -0.1) is 0 Å². The minimum Gasteiger partial charge on any atom is -0.466 e. The monoisotopic (exact) mass is 422 g/mol. The van der Waals surface area contributed by atoms with Gasteiger partial charge in [0, 0.05) is 17.9 Å². The van der Waals surface area contributed by atoms with E-state index >= 15 is 0 Å². The molecular weight excluding hydrogens is 398 g/mol. The van der Waals surface area contributed by atoms with Gasteiger partial charge in [-0.25, -0.2) is 9.78 Å². The predicted molar refractivity (Wildman–Crippen MR) is 122 cm³/mol. The van der Waals surface area contributed by atoms with E-state index in [0.717, 1.165) is 39.9 Å². The summed E-state index contributed by atoms with van der Waals surface area (Å²) in [5, 5.41) is 3.45. The Morgan fingerprint density at radius 1 is 0.969 bits per heavy atom. The van der Waals surface area contributed by atoms with E-state index in [1.807, 2.05) is 60.8 Å². The molecular formula is C27H24N3O2+. The molecule has 1 saturated carbocycles. The second-order valence-corrected chi connectivity index (χ2v) is 8.64. The number of hydrogen-bond acceptors (Lipinski definition) is 4. The summed E-state index contributed by atoms with van der Waals surface area (Å²) < 4.78 is 7.76. The highest BCUT2D eigenvalue weighted by Gasteiger charge is 2.41. The van der Waals surface area contributed by atoms with Crippen molar-refractivity contribution in [3.63, 3.8) is 0 Å². The normalized spacial score (nSPS) is 17.2. The van der Waals surface area contributed by atoms with E-state index in [2.05, 4.69) is 23.5 Å². The Labute approximate surface area is 186 Å². The van der Waals surface area contributed by atoms with Gasteiger partial charge in [-0.3, -0.25) is 5.32 Å². The molecule has 5 heteroatoms. The van der Waals surface area contributed by atoms with Crippen LogP contribution in [0.2, 0.25) is 0 Å². The van der Waals surface area contributed by atoms with Gasteiger partial charge in [-0.05, 0) is 30.5 Å². The van der Waals surface area contributed by atoms with Crippen molar-refractivity contribution in [2.45, 2.75) is 37.6 Å². The van der Waals surface area contributed by atoms with E-state index in [1.54, 1.807) is 4.57 Å². The quantitative estimate of drug-likeness (QED) is 0.455. The Bertz CT molecular complexity index is 1280. The summed E-state index contributed by atoms with van der Waals surface area (Å²) in [5.41, 5.74) is 3.82. The third-order valence-corrected chi connectivity index (χ3v) is 6.22. The molecule has 2 aliphatic rings. The molecule has 6 rings (SSSR count). The van der Waals surface area contributed by atoms with Crippen LogP contribution in [0.4, 0.5) is 5.82 Å². The van der Waals surface area contributed by atoms with E-state index in [0.29, 0.717) is 18.8 Å². The molecule has 1 N–H and O–H groups in total. The van der Waals surface area contributed by atoms with Crippen LogP contribution in [0.5, 0.6) is 0 Å². The molecule has 0 saturated heterocycles. The summed E-state index contributed by atoms with van der Waals surface area (Å²) >= 11 is 0. The van der Waals surface area contributed by atoms with Crippen molar-refractivity contribution < 1.29 is 13.8 Å². The lowest BCUT2D eigenvalue weighted by Gasteiger charge is -2.07. The molecule has 5 nitrogen and oxygen atoms in total. The van der Waals surface area contributed by atoms with Crippen molar-refractivity contribution in [1.82, 2.24) is 4.98 Å². The lowest BCUT2D eigenvalue weighted by molar-refractivity contribution is -0.552. The van der Waals surface area contributed by atoms with Gasteiger partial charge in [0.25, 0.3) is 0 Å². The number of furan rings is 1. The lowest BCUT2D eigenvalue weighted by Crippen LogP contribution is -2.44. The number of hydrogen-bond donors (Lipinski definition) is 1. The fourth-order valence-electron chi connectivity index (χ4n) is 4.37. The molecule has 0 amide bonds. The molecule has 1 aliphatic carbocycles. The molecule has 1 aliphatic heterocycles. The topological polar surface area (TPSA) is 59.0 Å². The summed E-state index contributed by atoms with van der Waals surface area (Å²) in [6.45, 7) is 0. The smallest absolute Gasteiger partial charge is 0.359 e. The third kappa shape index (κ3) is 3.60. The summed E-state index contributed by atoms with van der Waals surface area (Å²) in [4.78, 5) is 18.3. The van der Waals surface area contributed by atoms with Crippen molar-refractivity contribution in [1.29, 1.82) is 0 Å². The molecule has 0 spiro atoms. The van der Waals surface area contributed by atoms with Gasteiger partial charge >= 0.3 is 11.7 Å². The molecule has 158 valence electrons. The number of aromatic nitrogens is 2. The minimum absolute atomic E-state index is 0.0262. The predicted octanol–water partition coefficient (Wildman–Crippen LogP) is 4.77. The number of anilines is 1. The third-order valence-electron chi connectivity index (χ3n) is 6.22. The van der Waals surface area contributed by atoms with Crippen LogP contribution in [0.3, 0.4) is 0 Å². The van der Waals surface area contributed by atoms with Gasteiger partial charge < -0.3 is 4.42 Å². The molecule has 32 heavy (non-hydrogen) atoms. The van der Waals surface area contributed by atoms with Crippen molar-refractivity contribution in [3.8, 4) is 11.3 Å². The van der Waals surface area contributed by atoms with Gasteiger partial charge in [0.2, 0.25) is 6.04 Å². The average Bonchev–Trinajstić information content (AvgIpc) is 3.50. The van der Waals surface area contributed by atoms with E-state index in [4.69, 9.17) is 9.40 Å². The van der Waals surface area contributed by atoms with Crippen LogP contribution in [0.15, 0.2) is 83.4 Å². The first kappa shape index (κ1) is 19.0. The minimum atomic E-state index is -0.365. The van der Waals surface area contributed by atoms with Crippen molar-refractivity contribution in [2.24, 2.45) is 0 Å². The zero-order valence-electron chi connectivity index (χ0n) is 17.7. The molecule has 3 heterocycles. The van der Waals surface area contributed by atoms with Crippen LogP contribution in [0.25, 0.3) is 11.3 Å². The van der Waals surface area contributed by atoms with Gasteiger partial charge in [0.15, 0.2) is 0 Å². The second-order valence-electron chi connectivity index (χ2n) is 8.64. The summed E-state index contributed by atoms with van der Waals surface area (Å²) in [6.07, 6.45) is 5.43. The number of fused-ring (bicyclic) bond motifs is 1. The van der Waals surface area contributed by atoms with Gasteiger partial charge in [-0.2, -0.15) is 4.57 Å². The van der Waals surface area contributed by atoms with E-state index < -0.39 is 0 Å². The standard InChI is InChI=1S/C27H23N3O2/c31-27-23(16-21-13-14-25(32-21)20-11-12-20)29-26-22(15-18-7-3-1-4-8-18)28-24(17-30(26)27)19-9-5-2-6-10-19/h1-10,13-14,17,20,23H,11-12,15-16H2/p+1. The molecule has 4 aromatic rings. The maximum Gasteiger partial charge on any atom is 0.359 e. The summed E-state index contributed by atoms with van der Waals surface area (Å²) in [5.74, 6) is 3.27. The van der Waals surface area contributed by atoms with Gasteiger partial charge in [0.05, 0.1) is 6.42 Å². The van der Waals surface area contributed by atoms with Gasteiger partial charge in [0.1, 0.15) is 29.1 Å². The van der Waals surface area contributed by atoms with Crippen LogP contribution in [-0.4, -0.2) is 16.9 Å². The molecule has 0 radical (unpaired) electrons. The Hall–Kier alpha value is -3.73. The van der Waals surface area contributed by atoms with Crippen molar-refractivity contribution in [3.05, 3.63) is 102 Å². The first-order chi connectivity index (χ1) is 15.7. The van der Waals surface area contributed by atoms with E-state index in [1.165, 1.54) is 12.8 Å². The van der Waals surface area contributed by atoms with Crippen LogP contribution < -0.4 is 9.88 Å². The Morgan fingerprint density at radius 3 is 2.47 bits per heavy atom. The first-order valence-electron chi connectivity index (χ1n) is 11.2. The first-order valence-corrected chi connectivity index (χ1v) is 11.2. The lowest BCUT2D eigenvalue weighted by atomic mass is 10.1. The number of nitrogens with one attached hydrogen (secondary N) is 1. The molecule has 1 unspecified atom stereocenters. The van der Waals surface area contributed by atoms with Crippen molar-refractivity contribution in [2.75, 3.05) is 5.32 Å². The number of benzene rings is 2. The van der Waals surface area contributed by atoms with Gasteiger partial charge in [-0.1, -0.05) is 60.7 Å². The van der Waals surface area contributed by atoms with Crippen LogP contribution >= 0.6 is 0 Å². The van der Waals surface area contributed by atoms with Crippen LogP contribution in [0.1, 0.15) is 46.3 Å². The Morgan fingerprint density at radius 2 is 1.72 bits per heavy atom. The number of carbonyl (C=O) groups is 1. The largest absolute Gasteiger partial charge is 0.466 e. The fraction of sp³-hybridized carbons (Fsp3) is 0.222. The highest BCUT2D eigenvalue weighted by Crippen LogP contribution is 2.41. The maximum absolute atomic E-state index is 13.4. The molecule has 1 fully saturated rings. The van der Waals surface area contributed by atoms with Crippen LogP contribution in [0, 0.1) is 0 Å². The molecule has 1 atom stereocenters. The Kier molecular flexibility index (Phi) is 4.60. The summed E-state index contributed by atoms with van der Waals surface area (Å²) in [6, 6.07) is 23.9. The number of carbonyl (C=O) groups excluding carboxylic acids is 1. The average molecular weight is 423 g/mol. The number of nitrogens with zero attached hydrogens (tertiary/aromatic N) is 2. The highest BCUT2D eigenvalue weighted by atomic mass is 16.3. The zero-order chi connectivity index (χ0) is 21.5. The maximum atomic E-state index is 13.4. The summed E-state index contributed by atoms with van der Waals surface area (Å²) in [7, 11) is 0. The SMILES string of the molecule is O=C1C(Cc2ccc(C3CC3)o2)Nc2c(Cc3ccccc3)nc(-c3ccccc3)c[n+]21. The van der Waals surface area contributed by atoms with E-state index in [-0.39, 0.29) is 11.9 Å². The second kappa shape index (κ2) is 7.75. The van der Waals surface area contributed by atoms with E-state index in [9.17, 15) is 4.79 Å². The van der Waals surface area contributed by atoms with Crippen molar-refractivity contribution >= 4 is 11.7 Å². The zero-order valence-corrected chi connectivity index (χ0v) is 17.7. The molecule has 2 aromatic carbocycles. The molecule has 0 bridgehead atoms. The molecule has 2 aromatic heterocycles. The Balaban J connectivity index is 1.35. The highest BCUT2D eigenvalue weighted by molar-refractivity contribution is 5.82.